The third kappa shape index (κ3) is 2.90. The smallest absolute Gasteiger partial charge is 0.132 e. The van der Waals surface area contributed by atoms with Crippen LogP contribution in [0.1, 0.15) is 11.3 Å². The molecule has 0 saturated carbocycles. The van der Waals surface area contributed by atoms with Crippen molar-refractivity contribution in [3.63, 3.8) is 0 Å². The minimum absolute atomic E-state index is 0.536. The standard InChI is InChI=1S/C12H15N5/c1-9-5-12(16-8-15-9)17(2)7-10-3-4-11(13)14-6-10/h3-6,8H,7H2,1-2H3,(H2,13,14). The Morgan fingerprint density at radius 2 is 2.06 bits per heavy atom. The molecule has 0 bridgehead atoms. The van der Waals surface area contributed by atoms with Gasteiger partial charge in [0.25, 0.3) is 0 Å². The van der Waals surface area contributed by atoms with Gasteiger partial charge in [0, 0.05) is 31.5 Å². The van der Waals surface area contributed by atoms with E-state index in [0.717, 1.165) is 23.6 Å². The first kappa shape index (κ1) is 11.3. The number of rotatable bonds is 3. The van der Waals surface area contributed by atoms with Crippen LogP contribution in [0.25, 0.3) is 0 Å². The molecule has 2 rings (SSSR count). The maximum atomic E-state index is 5.54. The molecular weight excluding hydrogens is 214 g/mol. The van der Waals surface area contributed by atoms with Crippen molar-refractivity contribution in [3.8, 4) is 0 Å². The number of nitrogen functional groups attached to an aromatic ring is 1. The minimum atomic E-state index is 0.536. The molecule has 5 nitrogen and oxygen atoms in total. The molecule has 0 unspecified atom stereocenters. The molecule has 0 fully saturated rings. The summed E-state index contributed by atoms with van der Waals surface area (Å²) < 4.78 is 0. The van der Waals surface area contributed by atoms with Gasteiger partial charge in [-0.15, -0.1) is 0 Å². The van der Waals surface area contributed by atoms with E-state index >= 15 is 0 Å². The van der Waals surface area contributed by atoms with Gasteiger partial charge in [-0.25, -0.2) is 15.0 Å². The number of hydrogen-bond donors (Lipinski definition) is 1. The SMILES string of the molecule is Cc1cc(N(C)Cc2ccc(N)nc2)ncn1. The molecule has 2 aromatic rings. The second-order valence-corrected chi connectivity index (χ2v) is 3.96. The molecule has 0 aliphatic carbocycles. The molecule has 0 aliphatic heterocycles. The van der Waals surface area contributed by atoms with Gasteiger partial charge in [-0.05, 0) is 18.6 Å². The zero-order chi connectivity index (χ0) is 12.3. The van der Waals surface area contributed by atoms with Crippen LogP contribution in [0.3, 0.4) is 0 Å². The number of aryl methyl sites for hydroxylation is 1. The Kier molecular flexibility index (Phi) is 3.18. The summed E-state index contributed by atoms with van der Waals surface area (Å²) in [7, 11) is 1.98. The molecule has 0 aliphatic rings. The molecular formula is C12H15N5. The zero-order valence-electron chi connectivity index (χ0n) is 9.96. The predicted octanol–water partition coefficient (Wildman–Crippen LogP) is 1.40. The Labute approximate surface area is 100 Å². The summed E-state index contributed by atoms with van der Waals surface area (Å²) in [6.45, 7) is 2.69. The molecule has 17 heavy (non-hydrogen) atoms. The Morgan fingerprint density at radius 1 is 1.24 bits per heavy atom. The fourth-order valence-corrected chi connectivity index (χ4v) is 1.53. The van der Waals surface area contributed by atoms with Crippen LogP contribution in [-0.2, 0) is 6.54 Å². The number of aromatic nitrogens is 3. The van der Waals surface area contributed by atoms with Gasteiger partial charge >= 0.3 is 0 Å². The lowest BCUT2D eigenvalue weighted by Crippen LogP contribution is -2.18. The largest absolute Gasteiger partial charge is 0.384 e. The van der Waals surface area contributed by atoms with Crippen LogP contribution in [-0.4, -0.2) is 22.0 Å². The van der Waals surface area contributed by atoms with Gasteiger partial charge < -0.3 is 10.6 Å². The van der Waals surface area contributed by atoms with E-state index in [2.05, 4.69) is 15.0 Å². The molecule has 5 heteroatoms. The van der Waals surface area contributed by atoms with Crippen LogP contribution in [0, 0.1) is 6.92 Å². The number of nitrogens with two attached hydrogens (primary N) is 1. The van der Waals surface area contributed by atoms with Crippen LogP contribution < -0.4 is 10.6 Å². The average Bonchev–Trinajstić information content (AvgIpc) is 2.32. The zero-order valence-corrected chi connectivity index (χ0v) is 9.96. The van der Waals surface area contributed by atoms with Crippen LogP contribution >= 0.6 is 0 Å². The number of pyridine rings is 1. The molecule has 0 aromatic carbocycles. The van der Waals surface area contributed by atoms with Crippen LogP contribution in [0.5, 0.6) is 0 Å². The van der Waals surface area contributed by atoms with Crippen LogP contribution in [0.2, 0.25) is 0 Å². The molecule has 2 heterocycles. The van der Waals surface area contributed by atoms with Gasteiger partial charge in [-0.1, -0.05) is 6.07 Å². The first-order valence-electron chi connectivity index (χ1n) is 5.35. The third-order valence-electron chi connectivity index (χ3n) is 2.45. The number of nitrogens with zero attached hydrogens (tertiary/aromatic N) is 4. The highest BCUT2D eigenvalue weighted by Gasteiger charge is 2.04. The van der Waals surface area contributed by atoms with Crippen molar-refractivity contribution in [1.82, 2.24) is 15.0 Å². The Bertz CT molecular complexity index is 495. The lowest BCUT2D eigenvalue weighted by Gasteiger charge is -2.18. The van der Waals surface area contributed by atoms with Gasteiger partial charge in [0.2, 0.25) is 0 Å². The summed E-state index contributed by atoms with van der Waals surface area (Å²) in [4.78, 5) is 14.4. The van der Waals surface area contributed by atoms with E-state index in [4.69, 9.17) is 5.73 Å². The minimum Gasteiger partial charge on any atom is -0.384 e. The normalized spacial score (nSPS) is 10.2. The van der Waals surface area contributed by atoms with Crippen molar-refractivity contribution in [2.45, 2.75) is 13.5 Å². The highest BCUT2D eigenvalue weighted by atomic mass is 15.2. The molecule has 0 amide bonds. The number of hydrogen-bond acceptors (Lipinski definition) is 5. The van der Waals surface area contributed by atoms with Crippen LogP contribution in [0.4, 0.5) is 11.6 Å². The molecule has 0 spiro atoms. The van der Waals surface area contributed by atoms with E-state index in [9.17, 15) is 0 Å². The number of anilines is 2. The summed E-state index contributed by atoms with van der Waals surface area (Å²) >= 11 is 0. The van der Waals surface area contributed by atoms with Gasteiger partial charge in [0.1, 0.15) is 18.0 Å². The average molecular weight is 229 g/mol. The van der Waals surface area contributed by atoms with Gasteiger partial charge in [-0.3, -0.25) is 0 Å². The van der Waals surface area contributed by atoms with Gasteiger partial charge in [0.15, 0.2) is 0 Å². The topological polar surface area (TPSA) is 67.9 Å². The summed E-state index contributed by atoms with van der Waals surface area (Å²) in [5.74, 6) is 1.43. The molecule has 2 N–H and O–H groups in total. The maximum absolute atomic E-state index is 5.54. The third-order valence-corrected chi connectivity index (χ3v) is 2.45. The van der Waals surface area contributed by atoms with Crippen molar-refractivity contribution >= 4 is 11.6 Å². The molecule has 0 radical (unpaired) electrons. The predicted molar refractivity (Wildman–Crippen MR) is 67.5 cm³/mol. The highest BCUT2D eigenvalue weighted by Crippen LogP contribution is 2.12. The van der Waals surface area contributed by atoms with Crippen molar-refractivity contribution in [2.75, 3.05) is 17.7 Å². The quantitative estimate of drug-likeness (QED) is 0.861. The first-order valence-corrected chi connectivity index (χ1v) is 5.35. The summed E-state index contributed by atoms with van der Waals surface area (Å²) in [6.07, 6.45) is 3.35. The highest BCUT2D eigenvalue weighted by molar-refractivity contribution is 5.39. The Morgan fingerprint density at radius 3 is 2.71 bits per heavy atom. The lowest BCUT2D eigenvalue weighted by molar-refractivity contribution is 0.881. The Balaban J connectivity index is 2.11. The summed E-state index contributed by atoms with van der Waals surface area (Å²) in [5, 5.41) is 0. The first-order chi connectivity index (χ1) is 8.15. The molecule has 88 valence electrons. The summed E-state index contributed by atoms with van der Waals surface area (Å²) in [5.41, 5.74) is 7.59. The van der Waals surface area contributed by atoms with E-state index in [1.807, 2.05) is 31.0 Å². The van der Waals surface area contributed by atoms with Crippen LogP contribution in [0.15, 0.2) is 30.7 Å². The monoisotopic (exact) mass is 229 g/mol. The van der Waals surface area contributed by atoms with Gasteiger partial charge in [0.05, 0.1) is 0 Å². The van der Waals surface area contributed by atoms with E-state index in [1.165, 1.54) is 0 Å². The molecule has 0 saturated heterocycles. The Hall–Kier alpha value is -2.17. The van der Waals surface area contributed by atoms with Crippen molar-refractivity contribution in [1.29, 1.82) is 0 Å². The van der Waals surface area contributed by atoms with E-state index in [1.54, 1.807) is 18.6 Å². The van der Waals surface area contributed by atoms with Crippen molar-refractivity contribution in [2.24, 2.45) is 0 Å². The second kappa shape index (κ2) is 4.78. The molecule has 0 atom stereocenters. The van der Waals surface area contributed by atoms with E-state index < -0.39 is 0 Å². The fourth-order valence-electron chi connectivity index (χ4n) is 1.53. The lowest BCUT2D eigenvalue weighted by atomic mass is 10.2. The van der Waals surface area contributed by atoms with E-state index in [-0.39, 0.29) is 0 Å². The van der Waals surface area contributed by atoms with Crippen molar-refractivity contribution < 1.29 is 0 Å². The second-order valence-electron chi connectivity index (χ2n) is 3.96. The summed E-state index contributed by atoms with van der Waals surface area (Å²) in [6, 6.07) is 5.71. The van der Waals surface area contributed by atoms with E-state index in [0.29, 0.717) is 5.82 Å². The fraction of sp³-hybridized carbons (Fsp3) is 0.250. The molecule has 2 aromatic heterocycles. The van der Waals surface area contributed by atoms with Gasteiger partial charge in [-0.2, -0.15) is 0 Å². The van der Waals surface area contributed by atoms with Crippen molar-refractivity contribution in [3.05, 3.63) is 42.0 Å². The maximum Gasteiger partial charge on any atom is 0.132 e.